The van der Waals surface area contributed by atoms with Crippen LogP contribution in [-0.4, -0.2) is 17.7 Å². The van der Waals surface area contributed by atoms with Crippen molar-refractivity contribution in [1.82, 2.24) is 0 Å². The zero-order chi connectivity index (χ0) is 13.4. The molecule has 1 heterocycles. The Labute approximate surface area is 114 Å². The van der Waals surface area contributed by atoms with Gasteiger partial charge in [-0.25, -0.2) is 4.79 Å². The second-order valence-electron chi connectivity index (χ2n) is 4.16. The quantitative estimate of drug-likeness (QED) is 0.719. The summed E-state index contributed by atoms with van der Waals surface area (Å²) in [6.07, 6.45) is 0. The molecule has 0 fully saturated rings. The molecule has 0 aliphatic heterocycles. The first-order valence-corrected chi connectivity index (χ1v) is 6.84. The lowest BCUT2D eigenvalue weighted by atomic mass is 10.1. The maximum absolute atomic E-state index is 12.0. The Balaban J connectivity index is 2.40. The van der Waals surface area contributed by atoms with E-state index in [4.69, 9.17) is 4.74 Å². The molecule has 0 saturated heterocycles. The lowest BCUT2D eigenvalue weighted by molar-refractivity contribution is 0.0529. The SMILES string of the molecule is CCOC(=O)c1ccc(O)c2sc3ccccc3c12. The number of carbonyl (C=O) groups excluding carboxylic acids is 1. The van der Waals surface area contributed by atoms with Crippen LogP contribution in [0, 0.1) is 0 Å². The van der Waals surface area contributed by atoms with Gasteiger partial charge in [-0.05, 0) is 25.1 Å². The van der Waals surface area contributed by atoms with Crippen molar-refractivity contribution in [1.29, 1.82) is 0 Å². The van der Waals surface area contributed by atoms with E-state index in [0.717, 1.165) is 20.2 Å². The highest BCUT2D eigenvalue weighted by Crippen LogP contribution is 2.40. The van der Waals surface area contributed by atoms with Gasteiger partial charge in [-0.3, -0.25) is 0 Å². The number of hydrogen-bond acceptors (Lipinski definition) is 4. The number of phenols is 1. The molecule has 0 aliphatic carbocycles. The summed E-state index contributed by atoms with van der Waals surface area (Å²) in [7, 11) is 0. The van der Waals surface area contributed by atoms with Crippen molar-refractivity contribution >= 4 is 37.5 Å². The topological polar surface area (TPSA) is 46.5 Å². The van der Waals surface area contributed by atoms with Crippen molar-refractivity contribution < 1.29 is 14.6 Å². The van der Waals surface area contributed by atoms with Gasteiger partial charge in [0.05, 0.1) is 16.9 Å². The predicted octanol–water partition coefficient (Wildman–Crippen LogP) is 3.94. The molecule has 3 nitrogen and oxygen atoms in total. The minimum absolute atomic E-state index is 0.198. The molecule has 0 atom stereocenters. The molecular formula is C15H12O3S. The predicted molar refractivity (Wildman–Crippen MR) is 77.0 cm³/mol. The number of esters is 1. The fourth-order valence-corrected chi connectivity index (χ4v) is 3.33. The summed E-state index contributed by atoms with van der Waals surface area (Å²) in [4.78, 5) is 12.0. The van der Waals surface area contributed by atoms with Gasteiger partial charge < -0.3 is 9.84 Å². The van der Waals surface area contributed by atoms with E-state index < -0.39 is 0 Å². The largest absolute Gasteiger partial charge is 0.506 e. The van der Waals surface area contributed by atoms with E-state index in [1.165, 1.54) is 11.3 Å². The second kappa shape index (κ2) is 4.55. The summed E-state index contributed by atoms with van der Waals surface area (Å²) in [5.41, 5.74) is 0.507. The number of aromatic hydroxyl groups is 1. The monoisotopic (exact) mass is 272 g/mol. The Bertz CT molecular complexity index is 774. The van der Waals surface area contributed by atoms with Crippen LogP contribution < -0.4 is 0 Å². The average molecular weight is 272 g/mol. The number of rotatable bonds is 2. The third-order valence-electron chi connectivity index (χ3n) is 3.00. The van der Waals surface area contributed by atoms with Crippen molar-refractivity contribution in [2.24, 2.45) is 0 Å². The highest BCUT2D eigenvalue weighted by molar-refractivity contribution is 7.26. The molecule has 0 saturated carbocycles. The van der Waals surface area contributed by atoms with Crippen LogP contribution in [0.1, 0.15) is 17.3 Å². The molecule has 0 bridgehead atoms. The van der Waals surface area contributed by atoms with E-state index in [1.807, 2.05) is 24.3 Å². The number of fused-ring (bicyclic) bond motifs is 3. The Hall–Kier alpha value is -2.07. The van der Waals surface area contributed by atoms with Crippen molar-refractivity contribution in [3.63, 3.8) is 0 Å². The molecule has 0 aliphatic rings. The fraction of sp³-hybridized carbons (Fsp3) is 0.133. The lowest BCUT2D eigenvalue weighted by Crippen LogP contribution is -2.04. The molecule has 0 unspecified atom stereocenters. The maximum Gasteiger partial charge on any atom is 0.338 e. The van der Waals surface area contributed by atoms with Gasteiger partial charge in [0.15, 0.2) is 0 Å². The maximum atomic E-state index is 12.0. The minimum atomic E-state index is -0.351. The van der Waals surface area contributed by atoms with Crippen LogP contribution in [0.15, 0.2) is 36.4 Å². The van der Waals surface area contributed by atoms with Crippen LogP contribution >= 0.6 is 11.3 Å². The number of hydrogen-bond donors (Lipinski definition) is 1. The van der Waals surface area contributed by atoms with Gasteiger partial charge >= 0.3 is 5.97 Å². The van der Waals surface area contributed by atoms with Crippen LogP contribution in [0.4, 0.5) is 0 Å². The standard InChI is InChI=1S/C15H12O3S/c1-2-18-15(17)10-7-8-11(16)14-13(10)9-5-3-4-6-12(9)19-14/h3-8,16H,2H2,1H3. The molecule has 96 valence electrons. The second-order valence-corrected chi connectivity index (χ2v) is 5.21. The van der Waals surface area contributed by atoms with Crippen LogP contribution in [0.5, 0.6) is 5.75 Å². The highest BCUT2D eigenvalue weighted by atomic mass is 32.1. The molecule has 2 aromatic carbocycles. The third kappa shape index (κ3) is 1.85. The zero-order valence-corrected chi connectivity index (χ0v) is 11.2. The summed E-state index contributed by atoms with van der Waals surface area (Å²) in [6, 6.07) is 11.0. The number of phenolic OH excluding ortho intramolecular Hbond substituents is 1. The Kier molecular flexibility index (Phi) is 2.87. The van der Waals surface area contributed by atoms with Crippen molar-refractivity contribution in [3.8, 4) is 5.75 Å². The Morgan fingerprint density at radius 2 is 2.05 bits per heavy atom. The van der Waals surface area contributed by atoms with Gasteiger partial charge in [0.1, 0.15) is 5.75 Å². The molecular weight excluding hydrogens is 260 g/mol. The van der Waals surface area contributed by atoms with E-state index >= 15 is 0 Å². The van der Waals surface area contributed by atoms with Gasteiger partial charge in [-0.15, -0.1) is 11.3 Å². The van der Waals surface area contributed by atoms with Crippen LogP contribution in [0.2, 0.25) is 0 Å². The molecule has 0 amide bonds. The average Bonchev–Trinajstić information content (AvgIpc) is 2.80. The van der Waals surface area contributed by atoms with Crippen molar-refractivity contribution in [2.45, 2.75) is 6.92 Å². The van der Waals surface area contributed by atoms with Gasteiger partial charge in [0, 0.05) is 15.5 Å². The van der Waals surface area contributed by atoms with E-state index in [2.05, 4.69) is 0 Å². The number of carbonyl (C=O) groups is 1. The van der Waals surface area contributed by atoms with E-state index in [1.54, 1.807) is 19.1 Å². The van der Waals surface area contributed by atoms with Gasteiger partial charge in [-0.1, -0.05) is 18.2 Å². The molecule has 1 N–H and O–H groups in total. The molecule has 0 radical (unpaired) electrons. The minimum Gasteiger partial charge on any atom is -0.506 e. The molecule has 19 heavy (non-hydrogen) atoms. The van der Waals surface area contributed by atoms with E-state index in [-0.39, 0.29) is 11.7 Å². The van der Waals surface area contributed by atoms with E-state index in [0.29, 0.717) is 12.2 Å². The van der Waals surface area contributed by atoms with Crippen LogP contribution in [-0.2, 0) is 4.74 Å². The first kappa shape index (κ1) is 12.0. The number of benzene rings is 2. The fourth-order valence-electron chi connectivity index (χ4n) is 2.19. The van der Waals surface area contributed by atoms with Gasteiger partial charge in [0.25, 0.3) is 0 Å². The number of thiophene rings is 1. The summed E-state index contributed by atoms with van der Waals surface area (Å²) >= 11 is 1.48. The van der Waals surface area contributed by atoms with Crippen LogP contribution in [0.25, 0.3) is 20.2 Å². The van der Waals surface area contributed by atoms with Crippen LogP contribution in [0.3, 0.4) is 0 Å². The van der Waals surface area contributed by atoms with Gasteiger partial charge in [0.2, 0.25) is 0 Å². The Morgan fingerprint density at radius 1 is 1.26 bits per heavy atom. The summed E-state index contributed by atoms with van der Waals surface area (Å²) in [5, 5.41) is 11.7. The highest BCUT2D eigenvalue weighted by Gasteiger charge is 2.17. The summed E-state index contributed by atoms with van der Waals surface area (Å²) in [5.74, 6) is -0.152. The first-order valence-electron chi connectivity index (χ1n) is 6.02. The summed E-state index contributed by atoms with van der Waals surface area (Å²) in [6.45, 7) is 2.12. The first-order chi connectivity index (χ1) is 9.22. The molecule has 3 rings (SSSR count). The number of ether oxygens (including phenoxy) is 1. The normalized spacial score (nSPS) is 11.0. The molecule has 0 spiro atoms. The van der Waals surface area contributed by atoms with Gasteiger partial charge in [-0.2, -0.15) is 0 Å². The lowest BCUT2D eigenvalue weighted by Gasteiger charge is -2.04. The zero-order valence-electron chi connectivity index (χ0n) is 10.3. The smallest absolute Gasteiger partial charge is 0.338 e. The Morgan fingerprint density at radius 3 is 2.84 bits per heavy atom. The summed E-state index contributed by atoms with van der Waals surface area (Å²) < 4.78 is 6.85. The molecule has 4 heteroatoms. The third-order valence-corrected chi connectivity index (χ3v) is 4.19. The molecule has 3 aromatic rings. The van der Waals surface area contributed by atoms with Crippen molar-refractivity contribution in [3.05, 3.63) is 42.0 Å². The van der Waals surface area contributed by atoms with E-state index in [9.17, 15) is 9.90 Å². The molecule has 1 aromatic heterocycles. The van der Waals surface area contributed by atoms with Crippen molar-refractivity contribution in [2.75, 3.05) is 6.61 Å².